The Morgan fingerprint density at radius 2 is 2.00 bits per heavy atom. The fourth-order valence-corrected chi connectivity index (χ4v) is 4.13. The van der Waals surface area contributed by atoms with Crippen LogP contribution < -0.4 is 0 Å². The van der Waals surface area contributed by atoms with Crippen molar-refractivity contribution in [1.29, 1.82) is 0 Å². The Bertz CT molecular complexity index is 550. The molecule has 0 spiro atoms. The van der Waals surface area contributed by atoms with Crippen molar-refractivity contribution in [2.24, 2.45) is 0 Å². The average Bonchev–Trinajstić information content (AvgIpc) is 3.14. The van der Waals surface area contributed by atoms with E-state index >= 15 is 0 Å². The minimum absolute atomic E-state index is 0.00555. The number of carbonyl (C=O) groups excluding carboxylic acids is 1. The van der Waals surface area contributed by atoms with E-state index in [9.17, 15) is 4.79 Å². The summed E-state index contributed by atoms with van der Waals surface area (Å²) in [5, 5.41) is 7.24. The van der Waals surface area contributed by atoms with E-state index in [0.29, 0.717) is 5.91 Å². The summed E-state index contributed by atoms with van der Waals surface area (Å²) in [4.78, 5) is 20.3. The van der Waals surface area contributed by atoms with Gasteiger partial charge in [-0.2, -0.15) is 5.10 Å². The summed E-state index contributed by atoms with van der Waals surface area (Å²) in [7, 11) is 0. The summed E-state index contributed by atoms with van der Waals surface area (Å²) >= 11 is 0. The van der Waals surface area contributed by atoms with Gasteiger partial charge in [-0.3, -0.25) is 14.8 Å². The van der Waals surface area contributed by atoms with Gasteiger partial charge in [0.25, 0.3) is 0 Å². The van der Waals surface area contributed by atoms with Gasteiger partial charge in [-0.15, -0.1) is 0 Å². The minimum atomic E-state index is 0.00555. The Hall–Kier alpha value is -1.40. The van der Waals surface area contributed by atoms with Crippen molar-refractivity contribution < 1.29 is 4.79 Å². The number of likely N-dealkylation sites (N-methyl/N-ethyl adjacent to an activating group) is 1. The summed E-state index contributed by atoms with van der Waals surface area (Å²) < 4.78 is 0. The fourth-order valence-electron chi connectivity index (χ4n) is 4.13. The van der Waals surface area contributed by atoms with Gasteiger partial charge < -0.3 is 9.80 Å². The van der Waals surface area contributed by atoms with Crippen LogP contribution in [0.3, 0.4) is 0 Å². The van der Waals surface area contributed by atoms with E-state index in [2.05, 4.69) is 38.7 Å². The minimum Gasteiger partial charge on any atom is -0.341 e. The van der Waals surface area contributed by atoms with Crippen LogP contribution in [0.5, 0.6) is 0 Å². The van der Waals surface area contributed by atoms with Crippen LogP contribution in [0.1, 0.15) is 50.3 Å². The molecule has 3 rings (SSSR count). The predicted molar refractivity (Wildman–Crippen MR) is 99.7 cm³/mol. The lowest BCUT2D eigenvalue weighted by Gasteiger charge is -2.36. The summed E-state index contributed by atoms with van der Waals surface area (Å²) in [6.07, 6.45) is 5.94. The van der Waals surface area contributed by atoms with Crippen molar-refractivity contribution in [3.05, 3.63) is 17.5 Å². The van der Waals surface area contributed by atoms with Crippen LogP contribution >= 0.6 is 0 Å². The number of hydrogen-bond acceptors (Lipinski definition) is 4. The van der Waals surface area contributed by atoms with Gasteiger partial charge in [0.15, 0.2) is 0 Å². The molecule has 2 heterocycles. The summed E-state index contributed by atoms with van der Waals surface area (Å²) in [6, 6.07) is 0. The second-order valence-electron chi connectivity index (χ2n) is 7.35. The Balaban J connectivity index is 1.57. The third kappa shape index (κ3) is 4.42. The highest BCUT2D eigenvalue weighted by Crippen LogP contribution is 2.31. The number of nitrogens with zero attached hydrogens (tertiary/aromatic N) is 4. The zero-order valence-corrected chi connectivity index (χ0v) is 15.8. The first-order valence-corrected chi connectivity index (χ1v) is 9.98. The van der Waals surface area contributed by atoms with E-state index in [1.54, 1.807) is 0 Å². The number of aromatic amines is 1. The first-order chi connectivity index (χ1) is 12.2. The van der Waals surface area contributed by atoms with Crippen molar-refractivity contribution in [3.63, 3.8) is 0 Å². The van der Waals surface area contributed by atoms with Gasteiger partial charge in [0, 0.05) is 57.1 Å². The summed E-state index contributed by atoms with van der Waals surface area (Å²) in [5.74, 6) is 0.308. The normalized spacial score (nSPS) is 21.9. The zero-order chi connectivity index (χ0) is 17.6. The van der Waals surface area contributed by atoms with Crippen molar-refractivity contribution in [2.75, 3.05) is 52.4 Å². The van der Waals surface area contributed by atoms with Crippen LogP contribution in [0.25, 0.3) is 0 Å². The Labute approximate surface area is 151 Å². The molecule has 0 aromatic carbocycles. The maximum atomic E-state index is 13.2. The summed E-state index contributed by atoms with van der Waals surface area (Å²) in [5.41, 5.74) is 2.30. The van der Waals surface area contributed by atoms with Gasteiger partial charge in [-0.1, -0.05) is 13.8 Å². The molecule has 140 valence electrons. The number of amides is 1. The van der Waals surface area contributed by atoms with Crippen molar-refractivity contribution in [3.8, 4) is 0 Å². The standard InChI is InChI=1S/C19H33N5O/c1-3-8-24(14-13-23-11-9-22(4-2)10-12-23)19(25)16-6-5-7-18-17(16)15-20-21-18/h15-16H,3-14H2,1-2H3,(H,20,21). The SMILES string of the molecule is CCCN(CCN1CCN(CC)CC1)C(=O)C1CCCc2[nH]ncc21. The predicted octanol–water partition coefficient (Wildman–Crippen LogP) is 1.71. The first-order valence-electron chi connectivity index (χ1n) is 9.98. The summed E-state index contributed by atoms with van der Waals surface area (Å²) in [6.45, 7) is 12.8. The number of piperazine rings is 1. The highest BCUT2D eigenvalue weighted by molar-refractivity contribution is 5.84. The molecule has 1 aromatic heterocycles. The quantitative estimate of drug-likeness (QED) is 0.816. The molecule has 2 aliphatic rings. The molecule has 0 bridgehead atoms. The number of nitrogens with one attached hydrogen (secondary N) is 1. The van der Waals surface area contributed by atoms with E-state index < -0.39 is 0 Å². The molecule has 0 saturated carbocycles. The van der Waals surface area contributed by atoms with E-state index in [-0.39, 0.29) is 5.92 Å². The monoisotopic (exact) mass is 347 g/mol. The highest BCUT2D eigenvalue weighted by Gasteiger charge is 2.31. The Morgan fingerprint density at radius 3 is 2.72 bits per heavy atom. The van der Waals surface area contributed by atoms with Gasteiger partial charge >= 0.3 is 0 Å². The topological polar surface area (TPSA) is 55.5 Å². The number of rotatable bonds is 7. The lowest BCUT2D eigenvalue weighted by Crippen LogP contribution is -2.49. The van der Waals surface area contributed by atoms with Crippen molar-refractivity contribution >= 4 is 5.91 Å². The van der Waals surface area contributed by atoms with Crippen LogP contribution in [0.4, 0.5) is 0 Å². The molecule has 1 atom stereocenters. The van der Waals surface area contributed by atoms with Gasteiger partial charge in [0.05, 0.1) is 12.1 Å². The molecular weight excluding hydrogens is 314 g/mol. The van der Waals surface area contributed by atoms with Crippen LogP contribution in [-0.2, 0) is 11.2 Å². The maximum absolute atomic E-state index is 13.2. The number of fused-ring (bicyclic) bond motifs is 1. The second-order valence-corrected chi connectivity index (χ2v) is 7.35. The molecule has 1 saturated heterocycles. The van der Waals surface area contributed by atoms with Gasteiger partial charge in [0.1, 0.15) is 0 Å². The lowest BCUT2D eigenvalue weighted by atomic mass is 9.86. The fraction of sp³-hybridized carbons (Fsp3) is 0.789. The molecule has 1 unspecified atom stereocenters. The van der Waals surface area contributed by atoms with Gasteiger partial charge in [0.2, 0.25) is 5.91 Å². The largest absolute Gasteiger partial charge is 0.341 e. The van der Waals surface area contributed by atoms with E-state index in [1.807, 2.05) is 6.20 Å². The van der Waals surface area contributed by atoms with Gasteiger partial charge in [-0.05, 0) is 32.2 Å². The number of aromatic nitrogens is 2. The van der Waals surface area contributed by atoms with Crippen molar-refractivity contribution in [2.45, 2.75) is 45.4 Å². The van der Waals surface area contributed by atoms with E-state index in [1.165, 1.54) is 0 Å². The van der Waals surface area contributed by atoms with Crippen LogP contribution in [0.15, 0.2) is 6.20 Å². The third-order valence-electron chi connectivity index (χ3n) is 5.75. The van der Waals surface area contributed by atoms with Crippen LogP contribution in [0.2, 0.25) is 0 Å². The zero-order valence-electron chi connectivity index (χ0n) is 15.8. The molecule has 1 aliphatic heterocycles. The van der Waals surface area contributed by atoms with E-state index in [4.69, 9.17) is 0 Å². The molecule has 1 fully saturated rings. The van der Waals surface area contributed by atoms with Crippen LogP contribution in [0, 0.1) is 0 Å². The Kier molecular flexibility index (Phi) is 6.48. The molecule has 1 amide bonds. The van der Waals surface area contributed by atoms with Gasteiger partial charge in [-0.25, -0.2) is 0 Å². The molecule has 1 aliphatic carbocycles. The number of hydrogen-bond donors (Lipinski definition) is 1. The second kappa shape index (κ2) is 8.81. The van der Waals surface area contributed by atoms with Crippen LogP contribution in [-0.4, -0.2) is 83.2 Å². The number of carbonyl (C=O) groups is 1. The number of H-pyrrole nitrogens is 1. The molecule has 25 heavy (non-hydrogen) atoms. The molecule has 1 N–H and O–H groups in total. The highest BCUT2D eigenvalue weighted by atomic mass is 16.2. The first kappa shape index (κ1) is 18.4. The van der Waals surface area contributed by atoms with Crippen molar-refractivity contribution in [1.82, 2.24) is 24.9 Å². The molecule has 1 aromatic rings. The smallest absolute Gasteiger partial charge is 0.230 e. The third-order valence-corrected chi connectivity index (χ3v) is 5.75. The molecule has 6 heteroatoms. The maximum Gasteiger partial charge on any atom is 0.230 e. The van der Waals surface area contributed by atoms with E-state index in [0.717, 1.165) is 89.3 Å². The number of aryl methyl sites for hydroxylation is 1. The Morgan fingerprint density at radius 1 is 1.24 bits per heavy atom. The average molecular weight is 348 g/mol. The lowest BCUT2D eigenvalue weighted by molar-refractivity contribution is -0.133. The molecule has 0 radical (unpaired) electrons. The molecule has 6 nitrogen and oxygen atoms in total. The molecular formula is C19H33N5O.